The van der Waals surface area contributed by atoms with E-state index in [0.717, 1.165) is 22.8 Å². The average Bonchev–Trinajstić information content (AvgIpc) is 3.28. The van der Waals surface area contributed by atoms with E-state index in [1.165, 1.54) is 16.7 Å². The summed E-state index contributed by atoms with van der Waals surface area (Å²) < 4.78 is 27.2. The number of benzene rings is 3. The number of carbonyl (C=O) groups is 3. The van der Waals surface area contributed by atoms with E-state index in [-0.39, 0.29) is 34.9 Å². The molecule has 43 heavy (non-hydrogen) atoms. The Morgan fingerprint density at radius 3 is 2.44 bits per heavy atom. The molecule has 3 aromatic rings. The van der Waals surface area contributed by atoms with Gasteiger partial charge in [-0.1, -0.05) is 54.6 Å². The topological polar surface area (TPSA) is 111 Å². The lowest BCUT2D eigenvalue weighted by molar-refractivity contribution is -0.147. The number of halogens is 3. The SMILES string of the molecule is Cc1ccccc1CNC(=O)C1N(C(=O)C(O)C(Cc2ccccc2)NC(=O)Nc2c(F)cc(F)cc2Br)CSC1(C)C. The fourth-order valence-corrected chi connectivity index (χ4v) is 6.58. The van der Waals surface area contributed by atoms with Crippen molar-refractivity contribution in [1.82, 2.24) is 15.5 Å². The van der Waals surface area contributed by atoms with Crippen molar-refractivity contribution >= 4 is 51.2 Å². The number of hydrogen-bond acceptors (Lipinski definition) is 5. The molecule has 4 N–H and O–H groups in total. The van der Waals surface area contributed by atoms with Crippen molar-refractivity contribution in [3.8, 4) is 0 Å². The van der Waals surface area contributed by atoms with Crippen molar-refractivity contribution in [1.29, 1.82) is 0 Å². The predicted octanol–water partition coefficient (Wildman–Crippen LogP) is 5.13. The third-order valence-corrected chi connectivity index (χ3v) is 9.29. The number of amides is 4. The number of carbonyl (C=O) groups excluding carboxylic acids is 3. The van der Waals surface area contributed by atoms with Crippen molar-refractivity contribution in [3.63, 3.8) is 0 Å². The summed E-state index contributed by atoms with van der Waals surface area (Å²) in [4.78, 5) is 41.6. The van der Waals surface area contributed by atoms with Gasteiger partial charge in [-0.25, -0.2) is 13.6 Å². The quantitative estimate of drug-likeness (QED) is 0.252. The third-order valence-electron chi connectivity index (χ3n) is 7.29. The molecule has 12 heteroatoms. The van der Waals surface area contributed by atoms with Gasteiger partial charge >= 0.3 is 6.03 Å². The maximum absolute atomic E-state index is 14.4. The number of hydrogen-bond donors (Lipinski definition) is 4. The molecular formula is C31H33BrF2N4O4S. The smallest absolute Gasteiger partial charge is 0.319 e. The molecule has 228 valence electrons. The van der Waals surface area contributed by atoms with Crippen LogP contribution in [-0.2, 0) is 22.6 Å². The Morgan fingerprint density at radius 1 is 1.09 bits per heavy atom. The van der Waals surface area contributed by atoms with Crippen molar-refractivity contribution in [2.24, 2.45) is 0 Å². The zero-order valence-electron chi connectivity index (χ0n) is 23.9. The highest BCUT2D eigenvalue weighted by Gasteiger charge is 2.49. The Bertz CT molecular complexity index is 1470. The number of anilines is 1. The average molecular weight is 676 g/mol. The summed E-state index contributed by atoms with van der Waals surface area (Å²) in [6, 6.07) is 15.2. The van der Waals surface area contributed by atoms with E-state index in [2.05, 4.69) is 31.9 Å². The van der Waals surface area contributed by atoms with Gasteiger partial charge in [-0.05, 0) is 65.9 Å². The minimum atomic E-state index is -1.74. The molecule has 0 aliphatic carbocycles. The summed E-state index contributed by atoms with van der Waals surface area (Å²) in [5.41, 5.74) is 2.38. The van der Waals surface area contributed by atoms with Crippen LogP contribution in [0.15, 0.2) is 71.2 Å². The van der Waals surface area contributed by atoms with Gasteiger partial charge in [0.2, 0.25) is 5.91 Å². The van der Waals surface area contributed by atoms with Crippen LogP contribution >= 0.6 is 27.7 Å². The molecule has 0 spiro atoms. The molecule has 4 amide bonds. The number of thioether (sulfide) groups is 1. The Morgan fingerprint density at radius 2 is 1.77 bits per heavy atom. The van der Waals surface area contributed by atoms with E-state index in [1.807, 2.05) is 45.0 Å². The summed E-state index contributed by atoms with van der Waals surface area (Å²) in [7, 11) is 0. The first-order valence-electron chi connectivity index (χ1n) is 13.6. The van der Waals surface area contributed by atoms with Crippen LogP contribution in [0.5, 0.6) is 0 Å². The summed E-state index contributed by atoms with van der Waals surface area (Å²) >= 11 is 4.44. The number of aliphatic hydroxyl groups is 1. The first-order chi connectivity index (χ1) is 20.4. The van der Waals surface area contributed by atoms with Crippen LogP contribution in [0, 0.1) is 18.6 Å². The second-order valence-corrected chi connectivity index (χ2v) is 13.3. The highest BCUT2D eigenvalue weighted by Crippen LogP contribution is 2.40. The molecule has 1 saturated heterocycles. The molecule has 4 rings (SSSR count). The fraction of sp³-hybridized carbons (Fsp3) is 0.323. The minimum absolute atomic E-state index is 0.0211. The number of aryl methyl sites for hydroxylation is 1. The molecule has 1 fully saturated rings. The molecule has 3 aromatic carbocycles. The van der Waals surface area contributed by atoms with Crippen LogP contribution in [0.2, 0.25) is 0 Å². The van der Waals surface area contributed by atoms with E-state index in [9.17, 15) is 28.3 Å². The lowest BCUT2D eigenvalue weighted by Gasteiger charge is -2.33. The largest absolute Gasteiger partial charge is 0.381 e. The molecule has 3 atom stereocenters. The normalized spacial score (nSPS) is 17.2. The van der Waals surface area contributed by atoms with Crippen molar-refractivity contribution in [2.45, 2.75) is 56.7 Å². The summed E-state index contributed by atoms with van der Waals surface area (Å²) in [5, 5.41) is 19.2. The summed E-state index contributed by atoms with van der Waals surface area (Å²) in [5.74, 6) is -2.77. The second-order valence-electron chi connectivity index (χ2n) is 10.8. The first kappa shape index (κ1) is 32.4. The first-order valence-corrected chi connectivity index (χ1v) is 15.4. The molecule has 1 heterocycles. The molecule has 0 bridgehead atoms. The fourth-order valence-electron chi connectivity index (χ4n) is 4.93. The molecule has 1 aliphatic heterocycles. The van der Waals surface area contributed by atoms with Crippen LogP contribution in [0.3, 0.4) is 0 Å². The van der Waals surface area contributed by atoms with E-state index >= 15 is 0 Å². The van der Waals surface area contributed by atoms with E-state index in [0.29, 0.717) is 6.07 Å². The molecular weight excluding hydrogens is 642 g/mol. The maximum Gasteiger partial charge on any atom is 0.319 e. The zero-order chi connectivity index (χ0) is 31.3. The number of nitrogens with one attached hydrogen (secondary N) is 3. The van der Waals surface area contributed by atoms with Crippen molar-refractivity contribution in [2.75, 3.05) is 11.2 Å². The Kier molecular flexibility index (Phi) is 10.5. The minimum Gasteiger partial charge on any atom is -0.381 e. The molecule has 1 aliphatic rings. The molecule has 0 radical (unpaired) electrons. The van der Waals surface area contributed by atoms with Crippen LogP contribution in [-0.4, -0.2) is 56.7 Å². The van der Waals surface area contributed by atoms with Gasteiger partial charge in [0, 0.05) is 21.8 Å². The maximum atomic E-state index is 14.4. The highest BCUT2D eigenvalue weighted by molar-refractivity contribution is 9.10. The predicted molar refractivity (Wildman–Crippen MR) is 166 cm³/mol. The number of rotatable bonds is 9. The Balaban J connectivity index is 1.53. The number of urea groups is 1. The van der Waals surface area contributed by atoms with E-state index in [4.69, 9.17) is 0 Å². The molecule has 0 saturated carbocycles. The van der Waals surface area contributed by atoms with E-state index in [1.54, 1.807) is 30.3 Å². The lowest BCUT2D eigenvalue weighted by atomic mass is 9.97. The van der Waals surface area contributed by atoms with Gasteiger partial charge < -0.3 is 26.0 Å². The van der Waals surface area contributed by atoms with Crippen LogP contribution in [0.25, 0.3) is 0 Å². The van der Waals surface area contributed by atoms with E-state index < -0.39 is 46.5 Å². The van der Waals surface area contributed by atoms with Crippen LogP contribution in [0.4, 0.5) is 19.3 Å². The Labute approximate surface area is 261 Å². The van der Waals surface area contributed by atoms with Crippen molar-refractivity contribution in [3.05, 3.63) is 99.5 Å². The van der Waals surface area contributed by atoms with Gasteiger partial charge in [0.05, 0.1) is 17.6 Å². The Hall–Kier alpha value is -3.48. The molecule has 8 nitrogen and oxygen atoms in total. The zero-order valence-corrected chi connectivity index (χ0v) is 26.3. The van der Waals surface area contributed by atoms with Gasteiger partial charge in [-0.15, -0.1) is 11.8 Å². The number of aliphatic hydroxyl groups excluding tert-OH is 1. The van der Waals surface area contributed by atoms with Gasteiger partial charge in [0.15, 0.2) is 11.9 Å². The highest BCUT2D eigenvalue weighted by atomic mass is 79.9. The summed E-state index contributed by atoms with van der Waals surface area (Å²) in [6.45, 7) is 5.94. The van der Waals surface area contributed by atoms with Crippen LogP contribution in [0.1, 0.15) is 30.5 Å². The molecule has 0 aromatic heterocycles. The van der Waals surface area contributed by atoms with Gasteiger partial charge in [-0.3, -0.25) is 9.59 Å². The van der Waals surface area contributed by atoms with Gasteiger partial charge in [-0.2, -0.15) is 0 Å². The monoisotopic (exact) mass is 674 g/mol. The lowest BCUT2D eigenvalue weighted by Crippen LogP contribution is -2.59. The van der Waals surface area contributed by atoms with Gasteiger partial charge in [0.1, 0.15) is 11.9 Å². The molecule has 3 unspecified atom stereocenters. The number of nitrogens with zero attached hydrogens (tertiary/aromatic N) is 1. The van der Waals surface area contributed by atoms with Gasteiger partial charge in [0.25, 0.3) is 5.91 Å². The summed E-state index contributed by atoms with van der Waals surface area (Å²) in [6.07, 6.45) is -1.68. The standard InChI is InChI=1S/C31H33BrF2N4O4S/c1-18-9-7-8-12-20(18)16-35-28(40)27-31(2,3)43-17-38(27)29(41)26(39)24(13-19-10-5-4-6-11-19)36-30(42)37-25-22(32)14-21(33)15-23(25)34/h4-12,14-15,24,26-27,39H,13,16-17H2,1-3H3,(H,35,40)(H2,36,37,42). The van der Waals surface area contributed by atoms with Crippen molar-refractivity contribution < 1.29 is 28.3 Å². The van der Waals surface area contributed by atoms with Crippen LogP contribution < -0.4 is 16.0 Å². The second kappa shape index (κ2) is 13.9. The third kappa shape index (κ3) is 7.92.